The maximum absolute atomic E-state index is 11.5. The molecule has 3 rings (SSSR count). The number of anilines is 4. The monoisotopic (exact) mass is 385 g/mol. The molecule has 1 aromatic heterocycles. The third-order valence-corrected chi connectivity index (χ3v) is 4.67. The number of nitro groups is 1. The second-order valence-corrected chi connectivity index (χ2v) is 7.61. The molecule has 0 unspecified atom stereocenters. The maximum atomic E-state index is 11.5. The van der Waals surface area contributed by atoms with Crippen LogP contribution < -0.4 is 10.6 Å². The molecule has 27 heavy (non-hydrogen) atoms. The first kappa shape index (κ1) is 18.3. The van der Waals surface area contributed by atoms with Gasteiger partial charge in [-0.05, 0) is 36.4 Å². The van der Waals surface area contributed by atoms with Gasteiger partial charge < -0.3 is 10.6 Å². The van der Waals surface area contributed by atoms with Crippen molar-refractivity contribution in [2.75, 3.05) is 16.9 Å². The first-order valence-electron chi connectivity index (χ1n) is 7.73. The largest absolute Gasteiger partial charge is 0.334 e. The average molecular weight is 385 g/mol. The van der Waals surface area contributed by atoms with Crippen molar-refractivity contribution >= 4 is 38.7 Å². The van der Waals surface area contributed by atoms with Gasteiger partial charge in [0.25, 0.3) is 0 Å². The lowest BCUT2D eigenvalue weighted by atomic mass is 10.3. The lowest BCUT2D eigenvalue weighted by Crippen LogP contribution is -2.04. The van der Waals surface area contributed by atoms with Crippen molar-refractivity contribution in [3.8, 4) is 0 Å². The van der Waals surface area contributed by atoms with Gasteiger partial charge >= 0.3 is 5.69 Å². The van der Waals surface area contributed by atoms with E-state index in [-0.39, 0.29) is 22.3 Å². The second kappa shape index (κ2) is 7.38. The molecule has 0 saturated carbocycles. The number of aromatic nitrogens is 2. The molecule has 9 nitrogen and oxygen atoms in total. The van der Waals surface area contributed by atoms with Crippen molar-refractivity contribution in [2.45, 2.75) is 4.90 Å². The SMILES string of the molecule is CS(=O)(=O)c1ccc(Nc2ncc([N+](=O)[O-])c(Nc3ccccc3)n2)cc1. The molecule has 0 aliphatic rings. The number of benzene rings is 2. The lowest BCUT2D eigenvalue weighted by Gasteiger charge is -2.09. The summed E-state index contributed by atoms with van der Waals surface area (Å²) >= 11 is 0. The minimum atomic E-state index is -3.29. The van der Waals surface area contributed by atoms with Crippen LogP contribution in [-0.2, 0) is 9.84 Å². The molecule has 138 valence electrons. The zero-order chi connectivity index (χ0) is 19.4. The summed E-state index contributed by atoms with van der Waals surface area (Å²) < 4.78 is 23.0. The van der Waals surface area contributed by atoms with Crippen molar-refractivity contribution in [1.29, 1.82) is 0 Å². The normalized spacial score (nSPS) is 11.0. The van der Waals surface area contributed by atoms with Crippen molar-refractivity contribution in [1.82, 2.24) is 9.97 Å². The van der Waals surface area contributed by atoms with E-state index in [9.17, 15) is 18.5 Å². The Balaban J connectivity index is 1.88. The van der Waals surface area contributed by atoms with Crippen LogP contribution in [0.4, 0.5) is 28.8 Å². The van der Waals surface area contributed by atoms with E-state index >= 15 is 0 Å². The Labute approximate surface area is 155 Å². The number of para-hydroxylation sites is 1. The number of nitrogens with zero attached hydrogens (tertiary/aromatic N) is 3. The number of sulfone groups is 1. The fraction of sp³-hybridized carbons (Fsp3) is 0.0588. The predicted molar refractivity (Wildman–Crippen MR) is 101 cm³/mol. The first-order valence-corrected chi connectivity index (χ1v) is 9.63. The molecular weight excluding hydrogens is 370 g/mol. The molecular formula is C17H15N5O4S. The summed E-state index contributed by atoms with van der Waals surface area (Å²) in [4.78, 5) is 18.9. The molecule has 2 N–H and O–H groups in total. The van der Waals surface area contributed by atoms with Crippen molar-refractivity contribution in [3.63, 3.8) is 0 Å². The van der Waals surface area contributed by atoms with Crippen LogP contribution in [0.1, 0.15) is 0 Å². The van der Waals surface area contributed by atoms with Crippen molar-refractivity contribution in [2.24, 2.45) is 0 Å². The van der Waals surface area contributed by atoms with Crippen LogP contribution in [0.3, 0.4) is 0 Å². The van der Waals surface area contributed by atoms with Crippen LogP contribution in [0.5, 0.6) is 0 Å². The highest BCUT2D eigenvalue weighted by Crippen LogP contribution is 2.26. The van der Waals surface area contributed by atoms with Gasteiger partial charge in [0.15, 0.2) is 9.84 Å². The van der Waals surface area contributed by atoms with E-state index in [1.807, 2.05) is 6.07 Å². The number of rotatable bonds is 6. The van der Waals surface area contributed by atoms with E-state index in [1.54, 1.807) is 36.4 Å². The summed E-state index contributed by atoms with van der Waals surface area (Å²) in [7, 11) is -3.29. The molecule has 10 heteroatoms. The van der Waals surface area contributed by atoms with E-state index in [4.69, 9.17) is 0 Å². The smallest absolute Gasteiger partial charge is 0.329 e. The highest BCUT2D eigenvalue weighted by molar-refractivity contribution is 7.90. The fourth-order valence-corrected chi connectivity index (χ4v) is 2.86. The van der Waals surface area contributed by atoms with Gasteiger partial charge in [0.2, 0.25) is 11.8 Å². The van der Waals surface area contributed by atoms with E-state index < -0.39 is 14.8 Å². The second-order valence-electron chi connectivity index (χ2n) is 5.60. The predicted octanol–water partition coefficient (Wildman–Crippen LogP) is 3.28. The summed E-state index contributed by atoms with van der Waals surface area (Å²) in [6.07, 6.45) is 2.22. The molecule has 0 spiro atoms. The first-order chi connectivity index (χ1) is 12.8. The fourth-order valence-electron chi connectivity index (χ4n) is 2.23. The van der Waals surface area contributed by atoms with Gasteiger partial charge in [0.1, 0.15) is 6.20 Å². The zero-order valence-corrected chi connectivity index (χ0v) is 15.0. The number of nitrogens with one attached hydrogen (secondary N) is 2. The molecule has 1 heterocycles. The Kier molecular flexibility index (Phi) is 4.99. The molecule has 0 atom stereocenters. The zero-order valence-electron chi connectivity index (χ0n) is 14.2. The van der Waals surface area contributed by atoms with Gasteiger partial charge in [-0.15, -0.1) is 0 Å². The Morgan fingerprint density at radius 1 is 0.963 bits per heavy atom. The minimum Gasteiger partial charge on any atom is -0.334 e. The highest BCUT2D eigenvalue weighted by Gasteiger charge is 2.18. The molecule has 0 aliphatic heterocycles. The third-order valence-electron chi connectivity index (χ3n) is 3.54. The topological polar surface area (TPSA) is 127 Å². The number of hydrogen-bond acceptors (Lipinski definition) is 8. The summed E-state index contributed by atoms with van der Waals surface area (Å²) in [6.45, 7) is 0. The number of hydrogen-bond donors (Lipinski definition) is 2. The van der Waals surface area contributed by atoms with Crippen LogP contribution in [-0.4, -0.2) is 29.6 Å². The quantitative estimate of drug-likeness (QED) is 0.489. The summed E-state index contributed by atoms with van der Waals surface area (Å²) in [6, 6.07) is 14.9. The van der Waals surface area contributed by atoms with E-state index in [0.717, 1.165) is 12.5 Å². The summed E-state index contributed by atoms with van der Waals surface area (Å²) in [5, 5.41) is 17.0. The van der Waals surface area contributed by atoms with Gasteiger partial charge in [-0.1, -0.05) is 18.2 Å². The molecule has 2 aromatic carbocycles. The lowest BCUT2D eigenvalue weighted by molar-refractivity contribution is -0.384. The Hall–Kier alpha value is -3.53. The standard InChI is InChI=1S/C17H15N5O4S/c1-27(25,26)14-9-7-13(8-10-14)20-17-18-11-15(22(23)24)16(21-17)19-12-5-3-2-4-6-12/h2-11H,1H3,(H2,18,19,20,21). The molecule has 0 radical (unpaired) electrons. The van der Waals surface area contributed by atoms with Crippen LogP contribution in [0.15, 0.2) is 65.7 Å². The third kappa shape index (κ3) is 4.55. The van der Waals surface area contributed by atoms with Gasteiger partial charge in [-0.2, -0.15) is 4.98 Å². The average Bonchev–Trinajstić information content (AvgIpc) is 2.62. The van der Waals surface area contributed by atoms with Crippen LogP contribution in [0.25, 0.3) is 0 Å². The van der Waals surface area contributed by atoms with Gasteiger partial charge in [0, 0.05) is 17.6 Å². The Bertz CT molecular complexity index is 1070. The highest BCUT2D eigenvalue weighted by atomic mass is 32.2. The van der Waals surface area contributed by atoms with Crippen LogP contribution in [0, 0.1) is 10.1 Å². The minimum absolute atomic E-state index is 0.0384. The molecule has 3 aromatic rings. The summed E-state index contributed by atoms with van der Waals surface area (Å²) in [5.41, 5.74) is 0.918. The van der Waals surface area contributed by atoms with E-state index in [1.165, 1.54) is 12.1 Å². The molecule has 0 fully saturated rings. The molecule has 0 amide bonds. The van der Waals surface area contributed by atoms with Crippen molar-refractivity contribution in [3.05, 3.63) is 70.9 Å². The molecule has 0 aliphatic carbocycles. The summed E-state index contributed by atoms with van der Waals surface area (Å²) in [5.74, 6) is 0.169. The van der Waals surface area contributed by atoms with E-state index in [0.29, 0.717) is 11.4 Å². The van der Waals surface area contributed by atoms with Crippen LogP contribution in [0.2, 0.25) is 0 Å². The van der Waals surface area contributed by atoms with Crippen LogP contribution >= 0.6 is 0 Å². The molecule has 0 saturated heterocycles. The van der Waals surface area contributed by atoms with Gasteiger partial charge in [0.05, 0.1) is 9.82 Å². The van der Waals surface area contributed by atoms with Gasteiger partial charge in [-0.25, -0.2) is 13.4 Å². The Morgan fingerprint density at radius 3 is 2.19 bits per heavy atom. The maximum Gasteiger partial charge on any atom is 0.329 e. The Morgan fingerprint density at radius 2 is 1.59 bits per heavy atom. The molecule has 0 bridgehead atoms. The van der Waals surface area contributed by atoms with Gasteiger partial charge in [-0.3, -0.25) is 10.1 Å². The van der Waals surface area contributed by atoms with Crippen molar-refractivity contribution < 1.29 is 13.3 Å². The van der Waals surface area contributed by atoms with E-state index in [2.05, 4.69) is 20.6 Å².